The number of methoxy groups -OCH3 is 1. The Bertz CT molecular complexity index is 754. The molecule has 0 N–H and O–H groups in total. The standard InChI is InChI=1S/C22H31NO4S/c1-5-10-28-21(24)26-16-11-14(2)22-8-9-23(3)13-15-6-7-17(25-4)20(19(15)22)27-18(22)12-16/h6-7,14,16,18H,5,8-13H2,1-4H3/t14?,16-,18-,22+/m0/s1. The molecule has 4 rings (SSSR count). The summed E-state index contributed by atoms with van der Waals surface area (Å²) in [5.41, 5.74) is 2.67. The third-order valence-electron chi connectivity index (χ3n) is 6.74. The van der Waals surface area contributed by atoms with Crippen molar-refractivity contribution in [1.29, 1.82) is 0 Å². The van der Waals surface area contributed by atoms with Crippen molar-refractivity contribution in [3.05, 3.63) is 23.3 Å². The van der Waals surface area contributed by atoms with Gasteiger partial charge in [0.25, 0.3) is 0 Å². The van der Waals surface area contributed by atoms with E-state index in [4.69, 9.17) is 14.2 Å². The predicted octanol–water partition coefficient (Wildman–Crippen LogP) is 4.61. The Labute approximate surface area is 172 Å². The molecule has 0 saturated heterocycles. The van der Waals surface area contributed by atoms with E-state index in [1.807, 2.05) is 6.07 Å². The minimum absolute atomic E-state index is 0.0244. The van der Waals surface area contributed by atoms with Gasteiger partial charge in [0, 0.05) is 29.7 Å². The summed E-state index contributed by atoms with van der Waals surface area (Å²) < 4.78 is 18.0. The minimum atomic E-state index is -0.149. The van der Waals surface area contributed by atoms with E-state index in [0.717, 1.165) is 56.0 Å². The van der Waals surface area contributed by atoms with E-state index in [-0.39, 0.29) is 22.9 Å². The molecular formula is C22H31NO4S. The summed E-state index contributed by atoms with van der Waals surface area (Å²) in [6.07, 6.45) is 3.63. The molecule has 1 saturated carbocycles. The summed E-state index contributed by atoms with van der Waals surface area (Å²) in [4.78, 5) is 14.6. The second-order valence-electron chi connectivity index (χ2n) is 8.48. The first-order valence-corrected chi connectivity index (χ1v) is 11.4. The number of ether oxygens (including phenoxy) is 3. The van der Waals surface area contributed by atoms with Crippen LogP contribution in [0, 0.1) is 5.92 Å². The van der Waals surface area contributed by atoms with Gasteiger partial charge in [0.15, 0.2) is 11.5 Å². The molecule has 0 aromatic heterocycles. The number of carbonyl (C=O) groups excluding carboxylic acids is 1. The lowest BCUT2D eigenvalue weighted by Gasteiger charge is -2.46. The SMILES string of the molecule is CCCSC(=O)O[C@H]1CC(C)[C@@]23CCN(C)Cc4ccc(OC)c(c42)O[C@H]3C1. The van der Waals surface area contributed by atoms with Crippen molar-refractivity contribution in [3.63, 3.8) is 0 Å². The fourth-order valence-electron chi connectivity index (χ4n) is 5.42. The number of rotatable bonds is 4. The lowest BCUT2D eigenvalue weighted by Crippen LogP contribution is -2.51. The van der Waals surface area contributed by atoms with E-state index in [2.05, 4.69) is 31.9 Å². The van der Waals surface area contributed by atoms with Crippen molar-refractivity contribution < 1.29 is 19.0 Å². The topological polar surface area (TPSA) is 48.0 Å². The number of nitrogens with zero attached hydrogens (tertiary/aromatic N) is 1. The monoisotopic (exact) mass is 405 g/mol. The molecule has 0 bridgehead atoms. The summed E-state index contributed by atoms with van der Waals surface area (Å²) in [6.45, 7) is 6.35. The van der Waals surface area contributed by atoms with Crippen molar-refractivity contribution in [2.75, 3.05) is 26.5 Å². The van der Waals surface area contributed by atoms with Crippen molar-refractivity contribution in [2.45, 2.75) is 63.7 Å². The number of carbonyl (C=O) groups is 1. The van der Waals surface area contributed by atoms with Crippen molar-refractivity contribution >= 4 is 17.1 Å². The summed E-state index contributed by atoms with van der Waals surface area (Å²) in [7, 11) is 3.89. The molecule has 6 heteroatoms. The van der Waals surface area contributed by atoms with Gasteiger partial charge in [-0.2, -0.15) is 0 Å². The van der Waals surface area contributed by atoms with Crippen LogP contribution in [0.15, 0.2) is 12.1 Å². The molecule has 2 aliphatic heterocycles. The van der Waals surface area contributed by atoms with Crippen LogP contribution in [0.4, 0.5) is 4.79 Å². The largest absolute Gasteiger partial charge is 0.493 e. The van der Waals surface area contributed by atoms with Gasteiger partial charge in [-0.3, -0.25) is 0 Å². The third kappa shape index (κ3) is 3.18. The molecule has 1 spiro atoms. The van der Waals surface area contributed by atoms with E-state index in [0.29, 0.717) is 5.92 Å². The van der Waals surface area contributed by atoms with Crippen LogP contribution in [0.1, 0.15) is 50.7 Å². The quantitative estimate of drug-likeness (QED) is 0.682. The second kappa shape index (κ2) is 7.79. The molecule has 0 radical (unpaired) electrons. The first kappa shape index (κ1) is 19.9. The van der Waals surface area contributed by atoms with Gasteiger partial charge < -0.3 is 19.1 Å². The Balaban J connectivity index is 1.66. The van der Waals surface area contributed by atoms with Crippen LogP contribution >= 0.6 is 11.8 Å². The maximum atomic E-state index is 12.2. The Morgan fingerprint density at radius 2 is 2.21 bits per heavy atom. The zero-order valence-electron chi connectivity index (χ0n) is 17.3. The second-order valence-corrected chi connectivity index (χ2v) is 9.51. The van der Waals surface area contributed by atoms with E-state index < -0.39 is 0 Å². The van der Waals surface area contributed by atoms with Gasteiger partial charge in [-0.05, 0) is 62.2 Å². The zero-order valence-corrected chi connectivity index (χ0v) is 18.1. The van der Waals surface area contributed by atoms with E-state index in [1.165, 1.54) is 22.9 Å². The molecule has 3 aliphatic rings. The molecule has 0 amide bonds. The molecule has 1 fully saturated rings. The molecule has 2 heterocycles. The van der Waals surface area contributed by atoms with Crippen LogP contribution in [0.25, 0.3) is 0 Å². The van der Waals surface area contributed by atoms with Crippen LogP contribution in [0.5, 0.6) is 11.5 Å². The van der Waals surface area contributed by atoms with Gasteiger partial charge >= 0.3 is 5.30 Å². The van der Waals surface area contributed by atoms with Crippen molar-refractivity contribution in [3.8, 4) is 11.5 Å². The summed E-state index contributed by atoms with van der Waals surface area (Å²) in [6, 6.07) is 4.23. The van der Waals surface area contributed by atoms with Gasteiger partial charge in [-0.1, -0.05) is 19.9 Å². The van der Waals surface area contributed by atoms with Crippen LogP contribution in [-0.4, -0.2) is 48.9 Å². The Morgan fingerprint density at radius 3 is 2.96 bits per heavy atom. The van der Waals surface area contributed by atoms with E-state index >= 15 is 0 Å². The molecular weight excluding hydrogens is 374 g/mol. The van der Waals surface area contributed by atoms with Gasteiger partial charge in [0.1, 0.15) is 12.2 Å². The fraction of sp³-hybridized carbons (Fsp3) is 0.682. The van der Waals surface area contributed by atoms with Gasteiger partial charge in [-0.15, -0.1) is 0 Å². The molecule has 154 valence electrons. The molecule has 1 aliphatic carbocycles. The lowest BCUT2D eigenvalue weighted by atomic mass is 9.59. The van der Waals surface area contributed by atoms with E-state index in [1.54, 1.807) is 7.11 Å². The smallest absolute Gasteiger partial charge is 0.367 e. The average Bonchev–Trinajstić information content (AvgIpc) is 2.92. The molecule has 28 heavy (non-hydrogen) atoms. The van der Waals surface area contributed by atoms with Crippen LogP contribution in [-0.2, 0) is 16.7 Å². The summed E-state index contributed by atoms with van der Waals surface area (Å²) in [5, 5.41) is -0.149. The molecule has 1 aromatic rings. The van der Waals surface area contributed by atoms with Crippen LogP contribution < -0.4 is 9.47 Å². The van der Waals surface area contributed by atoms with Crippen LogP contribution in [0.2, 0.25) is 0 Å². The highest BCUT2D eigenvalue weighted by Crippen LogP contribution is 2.59. The summed E-state index contributed by atoms with van der Waals surface area (Å²) >= 11 is 1.28. The molecule has 4 atom stereocenters. The Hall–Kier alpha value is -1.40. The first-order valence-electron chi connectivity index (χ1n) is 10.4. The minimum Gasteiger partial charge on any atom is -0.493 e. The van der Waals surface area contributed by atoms with Crippen molar-refractivity contribution in [2.24, 2.45) is 5.92 Å². The third-order valence-corrected chi connectivity index (χ3v) is 7.68. The van der Waals surface area contributed by atoms with Crippen LogP contribution in [0.3, 0.4) is 0 Å². The highest BCUT2D eigenvalue weighted by atomic mass is 32.2. The number of hydrogen-bond donors (Lipinski definition) is 0. The first-order chi connectivity index (χ1) is 13.5. The molecule has 1 aromatic carbocycles. The van der Waals surface area contributed by atoms with Gasteiger partial charge in [0.2, 0.25) is 0 Å². The molecule has 1 unspecified atom stereocenters. The maximum Gasteiger partial charge on any atom is 0.367 e. The predicted molar refractivity (Wildman–Crippen MR) is 111 cm³/mol. The average molecular weight is 406 g/mol. The number of hydrogen-bond acceptors (Lipinski definition) is 6. The van der Waals surface area contributed by atoms with Gasteiger partial charge in [0.05, 0.1) is 7.11 Å². The highest BCUT2D eigenvalue weighted by molar-refractivity contribution is 8.13. The molecule has 5 nitrogen and oxygen atoms in total. The van der Waals surface area contributed by atoms with E-state index in [9.17, 15) is 4.79 Å². The Morgan fingerprint density at radius 1 is 1.39 bits per heavy atom. The van der Waals surface area contributed by atoms with Crippen molar-refractivity contribution in [1.82, 2.24) is 4.90 Å². The maximum absolute atomic E-state index is 12.2. The number of thioether (sulfide) groups is 1. The highest BCUT2D eigenvalue weighted by Gasteiger charge is 2.58. The summed E-state index contributed by atoms with van der Waals surface area (Å²) in [5.74, 6) is 2.91. The normalized spacial score (nSPS) is 31.4. The zero-order chi connectivity index (χ0) is 19.9. The Kier molecular flexibility index (Phi) is 5.53. The number of benzene rings is 1. The van der Waals surface area contributed by atoms with Gasteiger partial charge in [-0.25, -0.2) is 4.79 Å². The lowest BCUT2D eigenvalue weighted by molar-refractivity contribution is -0.0214. The fourth-order valence-corrected chi connectivity index (χ4v) is 6.00.